The number of nitrogens with two attached hydrogens (primary N) is 1. The van der Waals surface area contributed by atoms with Gasteiger partial charge in [-0.3, -0.25) is 4.79 Å². The van der Waals surface area contributed by atoms with Crippen LogP contribution in [0.4, 0.5) is 13.2 Å². The average Bonchev–Trinajstić information content (AvgIpc) is 1.95. The second-order valence-corrected chi connectivity index (χ2v) is 4.18. The van der Waals surface area contributed by atoms with Gasteiger partial charge >= 0.3 is 6.18 Å². The normalized spacial score (nSPS) is 15.1. The molecule has 0 unspecified atom stereocenters. The van der Waals surface area contributed by atoms with Gasteiger partial charge < -0.3 is 11.1 Å². The zero-order valence-corrected chi connectivity index (χ0v) is 8.40. The summed E-state index contributed by atoms with van der Waals surface area (Å²) in [5.74, 6) is -0.783. The first-order valence-electron chi connectivity index (χ1n) is 4.14. The lowest BCUT2D eigenvalue weighted by molar-refractivity contribution is -0.140. The lowest BCUT2D eigenvalue weighted by Gasteiger charge is -2.25. The van der Waals surface area contributed by atoms with Crippen molar-refractivity contribution in [2.45, 2.75) is 33.0 Å². The highest BCUT2D eigenvalue weighted by molar-refractivity contribution is 5.82. The first-order valence-corrected chi connectivity index (χ1v) is 4.14. The molecule has 0 radical (unpaired) electrons. The van der Waals surface area contributed by atoms with Crippen LogP contribution in [-0.4, -0.2) is 24.7 Å². The van der Waals surface area contributed by atoms with Crippen LogP contribution in [0.2, 0.25) is 0 Å². The van der Waals surface area contributed by atoms with Gasteiger partial charge in [-0.2, -0.15) is 13.2 Å². The van der Waals surface area contributed by atoms with E-state index in [4.69, 9.17) is 5.73 Å². The summed E-state index contributed by atoms with van der Waals surface area (Å²) in [7, 11) is 0. The SMILES string of the molecule is CC(C)(C)[C@@H](N)C(=O)NCC(F)(F)F. The van der Waals surface area contributed by atoms with E-state index in [2.05, 4.69) is 0 Å². The van der Waals surface area contributed by atoms with E-state index >= 15 is 0 Å². The third-order valence-corrected chi connectivity index (χ3v) is 1.68. The molecule has 6 heteroatoms. The van der Waals surface area contributed by atoms with Gasteiger partial charge in [-0.15, -0.1) is 0 Å². The summed E-state index contributed by atoms with van der Waals surface area (Å²) in [6.45, 7) is 3.72. The third-order valence-electron chi connectivity index (χ3n) is 1.68. The molecule has 1 amide bonds. The van der Waals surface area contributed by atoms with Crippen molar-refractivity contribution < 1.29 is 18.0 Å². The summed E-state index contributed by atoms with van der Waals surface area (Å²) < 4.78 is 35.2. The van der Waals surface area contributed by atoms with Crippen molar-refractivity contribution in [1.82, 2.24) is 5.32 Å². The monoisotopic (exact) mass is 212 g/mol. The molecule has 0 aliphatic carbocycles. The fourth-order valence-electron chi connectivity index (χ4n) is 0.691. The molecule has 1 atom stereocenters. The van der Waals surface area contributed by atoms with E-state index in [1.54, 1.807) is 26.1 Å². The second-order valence-electron chi connectivity index (χ2n) is 4.18. The molecule has 0 heterocycles. The molecule has 0 spiro atoms. The van der Waals surface area contributed by atoms with Gasteiger partial charge in [0.25, 0.3) is 0 Å². The molecule has 0 aliphatic rings. The fraction of sp³-hybridized carbons (Fsp3) is 0.875. The maximum Gasteiger partial charge on any atom is 0.405 e. The number of hydrogen-bond donors (Lipinski definition) is 2. The van der Waals surface area contributed by atoms with Crippen LogP contribution in [0, 0.1) is 5.41 Å². The Morgan fingerprint density at radius 1 is 1.36 bits per heavy atom. The van der Waals surface area contributed by atoms with Crippen LogP contribution in [0.5, 0.6) is 0 Å². The highest BCUT2D eigenvalue weighted by atomic mass is 19.4. The van der Waals surface area contributed by atoms with Gasteiger partial charge in [0.2, 0.25) is 5.91 Å². The standard InChI is InChI=1S/C8H15F3N2O/c1-7(2,3)5(12)6(14)13-4-8(9,10)11/h5H,4,12H2,1-3H3,(H,13,14)/t5-/m0/s1. The molecule has 0 aromatic rings. The Hall–Kier alpha value is -0.780. The van der Waals surface area contributed by atoms with E-state index in [9.17, 15) is 18.0 Å². The molecule has 0 rings (SSSR count). The summed E-state index contributed by atoms with van der Waals surface area (Å²) in [6.07, 6.45) is -4.40. The van der Waals surface area contributed by atoms with Gasteiger partial charge in [-0.05, 0) is 5.41 Å². The predicted octanol–water partition coefficient (Wildman–Crippen LogP) is 1.04. The second kappa shape index (κ2) is 4.16. The Balaban J connectivity index is 4.11. The van der Waals surface area contributed by atoms with E-state index < -0.39 is 30.1 Å². The predicted molar refractivity (Wildman–Crippen MR) is 46.5 cm³/mol. The van der Waals surface area contributed by atoms with Crippen molar-refractivity contribution in [2.75, 3.05) is 6.54 Å². The topological polar surface area (TPSA) is 55.1 Å². The number of nitrogens with one attached hydrogen (secondary N) is 1. The maximum atomic E-state index is 11.7. The van der Waals surface area contributed by atoms with Gasteiger partial charge in [0.05, 0.1) is 6.04 Å². The highest BCUT2D eigenvalue weighted by Crippen LogP contribution is 2.18. The van der Waals surface area contributed by atoms with Gasteiger partial charge in [0, 0.05) is 0 Å². The highest BCUT2D eigenvalue weighted by Gasteiger charge is 2.32. The van der Waals surface area contributed by atoms with Crippen molar-refractivity contribution >= 4 is 5.91 Å². The Morgan fingerprint density at radius 3 is 2.07 bits per heavy atom. The number of alkyl halides is 3. The molecule has 0 saturated carbocycles. The first kappa shape index (κ1) is 13.2. The lowest BCUT2D eigenvalue weighted by Crippen LogP contribution is -2.50. The van der Waals surface area contributed by atoms with Gasteiger partial charge in [0.15, 0.2) is 0 Å². The molecule has 0 saturated heterocycles. The molecule has 0 aromatic carbocycles. The average molecular weight is 212 g/mol. The molecule has 3 N–H and O–H groups in total. The Kier molecular flexibility index (Phi) is 3.93. The molecular formula is C8H15F3N2O. The summed E-state index contributed by atoms with van der Waals surface area (Å²) >= 11 is 0. The quantitative estimate of drug-likeness (QED) is 0.718. The van der Waals surface area contributed by atoms with Crippen LogP contribution in [-0.2, 0) is 4.79 Å². The molecule has 14 heavy (non-hydrogen) atoms. The van der Waals surface area contributed by atoms with E-state index in [1.165, 1.54) is 0 Å². The smallest absolute Gasteiger partial charge is 0.346 e. The minimum atomic E-state index is -4.40. The van der Waals surface area contributed by atoms with E-state index in [0.717, 1.165) is 0 Å². The van der Waals surface area contributed by atoms with Crippen molar-refractivity contribution in [3.05, 3.63) is 0 Å². The van der Waals surface area contributed by atoms with Crippen LogP contribution < -0.4 is 11.1 Å². The minimum absolute atomic E-state index is 0.546. The largest absolute Gasteiger partial charge is 0.405 e. The van der Waals surface area contributed by atoms with Gasteiger partial charge in [0.1, 0.15) is 6.54 Å². The number of hydrogen-bond acceptors (Lipinski definition) is 2. The van der Waals surface area contributed by atoms with Crippen molar-refractivity contribution in [1.29, 1.82) is 0 Å². The van der Waals surface area contributed by atoms with Crippen LogP contribution in [0.25, 0.3) is 0 Å². The summed E-state index contributed by atoms with van der Waals surface area (Å²) in [4.78, 5) is 11.1. The van der Waals surface area contributed by atoms with Crippen molar-refractivity contribution in [3.8, 4) is 0 Å². The van der Waals surface area contributed by atoms with Gasteiger partial charge in [-0.1, -0.05) is 20.8 Å². The van der Waals surface area contributed by atoms with E-state index in [1.807, 2.05) is 0 Å². The molecule has 0 fully saturated rings. The maximum absolute atomic E-state index is 11.7. The molecular weight excluding hydrogens is 197 g/mol. The third kappa shape index (κ3) is 5.06. The molecule has 0 aromatic heterocycles. The van der Waals surface area contributed by atoms with Crippen molar-refractivity contribution in [2.24, 2.45) is 11.1 Å². The number of carbonyl (C=O) groups is 1. The molecule has 0 bridgehead atoms. The zero-order chi connectivity index (χ0) is 11.6. The lowest BCUT2D eigenvalue weighted by atomic mass is 9.87. The van der Waals surface area contributed by atoms with Crippen molar-refractivity contribution in [3.63, 3.8) is 0 Å². The molecule has 3 nitrogen and oxygen atoms in total. The summed E-state index contributed by atoms with van der Waals surface area (Å²) in [6, 6.07) is -0.940. The minimum Gasteiger partial charge on any atom is -0.346 e. The number of halogens is 3. The number of amides is 1. The Bertz CT molecular complexity index is 208. The van der Waals surface area contributed by atoms with Crippen LogP contribution in [0.3, 0.4) is 0 Å². The first-order chi connectivity index (χ1) is 6.04. The van der Waals surface area contributed by atoms with Crippen LogP contribution >= 0.6 is 0 Å². The Labute approximate surface area is 80.8 Å². The number of rotatable bonds is 2. The zero-order valence-electron chi connectivity index (χ0n) is 8.40. The molecule has 0 aliphatic heterocycles. The fourth-order valence-corrected chi connectivity index (χ4v) is 0.691. The summed E-state index contributed by atoms with van der Waals surface area (Å²) in [5, 5.41) is 1.74. The van der Waals surface area contributed by atoms with Crippen LogP contribution in [0.1, 0.15) is 20.8 Å². The summed E-state index contributed by atoms with van der Waals surface area (Å²) in [5.41, 5.74) is 4.90. The number of carbonyl (C=O) groups excluding carboxylic acids is 1. The van der Waals surface area contributed by atoms with E-state index in [-0.39, 0.29) is 0 Å². The van der Waals surface area contributed by atoms with Crippen LogP contribution in [0.15, 0.2) is 0 Å². The Morgan fingerprint density at radius 2 is 1.79 bits per heavy atom. The molecule has 84 valence electrons. The van der Waals surface area contributed by atoms with E-state index in [0.29, 0.717) is 0 Å². The van der Waals surface area contributed by atoms with Gasteiger partial charge in [-0.25, -0.2) is 0 Å².